The number of carbonyl (C=O) groups is 1. The van der Waals surface area contributed by atoms with Gasteiger partial charge in [0.2, 0.25) is 0 Å². The molecule has 0 saturated heterocycles. The fraction of sp³-hybridized carbons (Fsp3) is 0.302. The van der Waals surface area contributed by atoms with E-state index in [4.69, 9.17) is 5.21 Å². The number of carboxylic acids is 1. The Balaban J connectivity index is 1.35. The minimum atomic E-state index is -1.22. The van der Waals surface area contributed by atoms with Crippen molar-refractivity contribution in [2.75, 3.05) is 15.0 Å². The average molecular weight is 684 g/mol. The van der Waals surface area contributed by atoms with Gasteiger partial charge in [0.25, 0.3) is 0 Å². The minimum Gasteiger partial charge on any atom is -0.477 e. The second kappa shape index (κ2) is 13.7. The molecule has 0 aromatic heterocycles. The van der Waals surface area contributed by atoms with E-state index in [0.717, 1.165) is 64.2 Å². The van der Waals surface area contributed by atoms with Crippen LogP contribution in [0.1, 0.15) is 94.5 Å². The van der Waals surface area contributed by atoms with Crippen LogP contribution in [0.5, 0.6) is 0 Å². The molecule has 0 radical (unpaired) electrons. The molecule has 1 saturated carbocycles. The van der Waals surface area contributed by atoms with Gasteiger partial charge in [0.05, 0.1) is 16.8 Å². The highest BCUT2D eigenvalue weighted by Crippen LogP contribution is 2.52. The lowest BCUT2D eigenvalue weighted by Gasteiger charge is -2.31. The summed E-state index contributed by atoms with van der Waals surface area (Å²) in [5.74, 6) is -0.867. The summed E-state index contributed by atoms with van der Waals surface area (Å²) < 4.78 is 0. The van der Waals surface area contributed by atoms with Crippen molar-refractivity contribution < 1.29 is 20.3 Å². The predicted octanol–water partition coefficient (Wildman–Crippen LogP) is 9.29. The van der Waals surface area contributed by atoms with Crippen molar-refractivity contribution in [2.45, 2.75) is 83.8 Å². The molecule has 4 aromatic rings. The number of hydrogen-bond donors (Lipinski definition) is 2. The van der Waals surface area contributed by atoms with Crippen molar-refractivity contribution >= 4 is 46.4 Å². The fourth-order valence-electron chi connectivity index (χ4n) is 7.19. The number of fused-ring (bicyclic) bond motifs is 3. The number of nitrogens with zero attached hydrogens (tertiary/aromatic N) is 4. The number of anilines is 4. The summed E-state index contributed by atoms with van der Waals surface area (Å²) in [4.78, 5) is 13.9. The summed E-state index contributed by atoms with van der Waals surface area (Å²) in [6, 6.07) is 32.8. The molecule has 1 aliphatic heterocycles. The van der Waals surface area contributed by atoms with E-state index in [2.05, 4.69) is 59.5 Å². The van der Waals surface area contributed by atoms with Crippen LogP contribution in [0.25, 0.3) is 17.7 Å². The lowest BCUT2D eigenvalue weighted by molar-refractivity contribution is -0.132. The summed E-state index contributed by atoms with van der Waals surface area (Å²) in [6.45, 7) is 11.9. The highest BCUT2D eigenvalue weighted by Gasteiger charge is 2.42. The van der Waals surface area contributed by atoms with Gasteiger partial charge in [-0.2, -0.15) is 5.26 Å². The maximum Gasteiger partial charge on any atom is 0.346 e. The number of hydroxylamine groups is 2. The topological polar surface area (TPSA) is 114 Å². The molecule has 0 amide bonds. The van der Waals surface area contributed by atoms with Crippen molar-refractivity contribution in [1.82, 2.24) is 0 Å². The van der Waals surface area contributed by atoms with E-state index in [1.807, 2.05) is 84.0 Å². The van der Waals surface area contributed by atoms with Gasteiger partial charge in [-0.1, -0.05) is 48.9 Å². The second-order valence-electron chi connectivity index (χ2n) is 15.5. The molecule has 0 spiro atoms. The lowest BCUT2D eigenvalue weighted by Crippen LogP contribution is -2.38. The third-order valence-corrected chi connectivity index (χ3v) is 9.83. The summed E-state index contributed by atoms with van der Waals surface area (Å²) in [5.41, 5.74) is 8.74. The lowest BCUT2D eigenvalue weighted by atomic mass is 9.94. The first kappa shape index (κ1) is 35.5. The molecule has 1 heterocycles. The van der Waals surface area contributed by atoms with Gasteiger partial charge in [0.15, 0.2) is 0 Å². The van der Waals surface area contributed by atoms with Crippen LogP contribution in [0.15, 0.2) is 96.6 Å². The minimum absolute atomic E-state index is 0.272. The normalized spacial score (nSPS) is 17.5. The van der Waals surface area contributed by atoms with Gasteiger partial charge < -0.3 is 15.2 Å². The summed E-state index contributed by atoms with van der Waals surface area (Å²) in [7, 11) is 0. The zero-order valence-electron chi connectivity index (χ0n) is 30.2. The van der Waals surface area contributed by atoms with Gasteiger partial charge in [-0.05, 0) is 148 Å². The molecule has 51 heavy (non-hydrogen) atoms. The van der Waals surface area contributed by atoms with E-state index < -0.39 is 11.5 Å². The second-order valence-corrected chi connectivity index (χ2v) is 15.5. The third kappa shape index (κ3) is 7.27. The van der Waals surface area contributed by atoms with E-state index in [1.165, 1.54) is 21.8 Å². The van der Waals surface area contributed by atoms with Crippen LogP contribution >= 0.6 is 0 Å². The van der Waals surface area contributed by atoms with Gasteiger partial charge >= 0.3 is 5.97 Å². The van der Waals surface area contributed by atoms with Crippen LogP contribution in [-0.4, -0.2) is 38.6 Å². The molecule has 6 rings (SSSR count). The number of nitriles is 1. The molecule has 4 aromatic carbocycles. The van der Waals surface area contributed by atoms with E-state index in [-0.39, 0.29) is 11.1 Å². The van der Waals surface area contributed by atoms with E-state index in [1.54, 1.807) is 6.07 Å². The van der Waals surface area contributed by atoms with Crippen LogP contribution in [0.4, 0.5) is 22.7 Å². The van der Waals surface area contributed by atoms with Crippen LogP contribution in [-0.2, 0) is 4.79 Å². The summed E-state index contributed by atoms with van der Waals surface area (Å²) in [5, 5.41) is 40.8. The average Bonchev–Trinajstić information content (AvgIpc) is 3.70. The van der Waals surface area contributed by atoms with Crippen LogP contribution in [0.2, 0.25) is 0 Å². The van der Waals surface area contributed by atoms with Gasteiger partial charge in [0, 0.05) is 23.3 Å². The van der Waals surface area contributed by atoms with E-state index in [9.17, 15) is 20.4 Å². The molecule has 262 valence electrons. The quantitative estimate of drug-likeness (QED) is 0.0626. The highest BCUT2D eigenvalue weighted by molar-refractivity contribution is 5.96. The number of carboxylic acid groups (broad SMARTS) is 1. The van der Waals surface area contributed by atoms with Crippen molar-refractivity contribution in [2.24, 2.45) is 0 Å². The Bertz CT molecular complexity index is 1950. The fourth-order valence-corrected chi connectivity index (χ4v) is 7.19. The maximum atomic E-state index is 11.5. The maximum absolute atomic E-state index is 11.5. The van der Waals surface area contributed by atoms with Crippen molar-refractivity contribution in [3.8, 4) is 6.07 Å². The van der Waals surface area contributed by atoms with Crippen molar-refractivity contribution in [3.05, 3.63) is 124 Å². The van der Waals surface area contributed by atoms with Gasteiger partial charge in [0.1, 0.15) is 17.3 Å². The third-order valence-electron chi connectivity index (χ3n) is 9.83. The molecule has 8 nitrogen and oxygen atoms in total. The smallest absolute Gasteiger partial charge is 0.346 e. The Hall–Kier alpha value is -5.36. The number of aliphatic carboxylic acids is 1. The first-order valence-corrected chi connectivity index (χ1v) is 17.5. The van der Waals surface area contributed by atoms with Gasteiger partial charge in [-0.15, -0.1) is 5.06 Å². The van der Waals surface area contributed by atoms with Crippen LogP contribution in [0.3, 0.4) is 0 Å². The van der Waals surface area contributed by atoms with Crippen molar-refractivity contribution in [3.63, 3.8) is 0 Å². The number of benzene rings is 4. The Kier molecular flexibility index (Phi) is 9.56. The molecular formula is C43H47N4O4+. The predicted molar refractivity (Wildman–Crippen MR) is 206 cm³/mol. The van der Waals surface area contributed by atoms with Crippen LogP contribution < -0.4 is 15.0 Å². The largest absolute Gasteiger partial charge is 0.477 e. The highest BCUT2D eigenvalue weighted by atomic mass is 16.5. The molecule has 8 heteroatoms. The molecule has 1 fully saturated rings. The number of hydrogen-bond acceptors (Lipinski definition) is 6. The Labute approximate surface area is 300 Å². The first-order valence-electron chi connectivity index (χ1n) is 17.5. The van der Waals surface area contributed by atoms with Crippen molar-refractivity contribution in [1.29, 1.82) is 5.26 Å². The molecule has 2 unspecified atom stereocenters. The van der Waals surface area contributed by atoms with E-state index >= 15 is 0 Å². The number of rotatable bonds is 8. The Morgan fingerprint density at radius 3 is 1.96 bits per heavy atom. The Morgan fingerprint density at radius 2 is 1.41 bits per heavy atom. The molecule has 2 atom stereocenters. The molecule has 2 aliphatic rings. The summed E-state index contributed by atoms with van der Waals surface area (Å²) >= 11 is 0. The summed E-state index contributed by atoms with van der Waals surface area (Å²) in [6.07, 6.45) is 6.91. The standard InChI is InChI=1S/C43H46N4O4/c1-42(2,3)46(50)34-19-13-30(14-20-34)37(31-15-21-35(22-16-31)47(51)43(4,5)6)25-28-10-17-33(18-11-28)45-39-9-7-8-36(39)38-26-29(12-23-40(38)45)24-32(27-44)41(48)49/h10-26,36,39,50-51H,7-9H2,1-6H3,(H,48,49)/p+1/b32-24+. The van der Waals surface area contributed by atoms with Gasteiger partial charge in [-0.3, -0.25) is 10.3 Å². The van der Waals surface area contributed by atoms with Gasteiger partial charge in [-0.25, -0.2) is 4.79 Å². The Morgan fingerprint density at radius 1 is 0.824 bits per heavy atom. The van der Waals surface area contributed by atoms with Crippen LogP contribution in [0, 0.1) is 11.3 Å². The van der Waals surface area contributed by atoms with E-state index in [0.29, 0.717) is 17.6 Å². The molecule has 1 aliphatic carbocycles. The zero-order valence-corrected chi connectivity index (χ0v) is 30.2. The zero-order chi connectivity index (χ0) is 36.7. The molecular weight excluding hydrogens is 636 g/mol. The molecule has 0 bridgehead atoms. The first-order chi connectivity index (χ1) is 24.2. The molecule has 4 N–H and O–H groups in total. The monoisotopic (exact) mass is 683 g/mol. The SMILES string of the molecule is CC(C)(C)N(O)c1ccc(C(=Cc2ccc(N3c4ccc(/C=C(\C#N)C(=O)O)cc4C4CCCC43)cc2)c2ccc(N([OH2+])C(C)(C)C)cc2)cc1.